The number of urea groups is 1. The smallest absolute Gasteiger partial charge is 0.319 e. The van der Waals surface area contributed by atoms with Gasteiger partial charge in [0, 0.05) is 22.7 Å². The highest BCUT2D eigenvalue weighted by Crippen LogP contribution is 2.32. The average Bonchev–Trinajstić information content (AvgIpc) is 2.48. The van der Waals surface area contributed by atoms with E-state index in [1.54, 1.807) is 30.3 Å². The fraction of sp³-hybridized carbons (Fsp3) is 0.188. The Balaban J connectivity index is 1.71. The van der Waals surface area contributed by atoms with Crippen LogP contribution < -0.4 is 15.4 Å². The number of hydrogen-bond donors (Lipinski definition) is 2. The van der Waals surface area contributed by atoms with E-state index in [2.05, 4.69) is 10.6 Å². The normalized spacial score (nSPS) is 16.4. The van der Waals surface area contributed by atoms with Gasteiger partial charge in [0.25, 0.3) is 0 Å². The van der Waals surface area contributed by atoms with Crippen LogP contribution in [-0.2, 0) is 0 Å². The molecular weight excluding hydrogens is 307 g/mol. The zero-order valence-corrected chi connectivity index (χ0v) is 12.4. The summed E-state index contributed by atoms with van der Waals surface area (Å²) in [5, 5.41) is 6.08. The summed E-state index contributed by atoms with van der Waals surface area (Å²) in [4.78, 5) is 12.1. The molecule has 0 aromatic heterocycles. The van der Waals surface area contributed by atoms with Gasteiger partial charge in [-0.05, 0) is 36.4 Å². The van der Waals surface area contributed by atoms with Gasteiger partial charge in [-0.3, -0.25) is 0 Å². The molecule has 4 nitrogen and oxygen atoms in total. The van der Waals surface area contributed by atoms with E-state index in [-0.39, 0.29) is 17.9 Å². The maximum Gasteiger partial charge on any atom is 0.319 e. The third-order valence-electron chi connectivity index (χ3n) is 3.40. The fourth-order valence-electron chi connectivity index (χ4n) is 2.41. The second-order valence-electron chi connectivity index (χ2n) is 4.98. The van der Waals surface area contributed by atoms with Gasteiger partial charge >= 0.3 is 6.03 Å². The average molecular weight is 321 g/mol. The molecule has 1 heterocycles. The SMILES string of the molecule is O=C(Nc1cccc(Cl)c1)NC1CCOc2ccc(F)cc21. The van der Waals surface area contributed by atoms with Crippen LogP contribution in [0.4, 0.5) is 14.9 Å². The Labute approximate surface area is 132 Å². The molecule has 2 aromatic carbocycles. The predicted octanol–water partition coefficient (Wildman–Crippen LogP) is 4.12. The van der Waals surface area contributed by atoms with E-state index >= 15 is 0 Å². The van der Waals surface area contributed by atoms with Gasteiger partial charge in [0.1, 0.15) is 11.6 Å². The fourth-order valence-corrected chi connectivity index (χ4v) is 2.60. The predicted molar refractivity (Wildman–Crippen MR) is 82.9 cm³/mol. The van der Waals surface area contributed by atoms with E-state index in [0.717, 1.165) is 0 Å². The Kier molecular flexibility index (Phi) is 4.15. The summed E-state index contributed by atoms with van der Waals surface area (Å²) in [7, 11) is 0. The molecule has 2 amide bonds. The highest BCUT2D eigenvalue weighted by atomic mass is 35.5. The summed E-state index contributed by atoms with van der Waals surface area (Å²) < 4.78 is 18.9. The number of fused-ring (bicyclic) bond motifs is 1. The van der Waals surface area contributed by atoms with Crippen LogP contribution in [0.25, 0.3) is 0 Å². The van der Waals surface area contributed by atoms with Crippen molar-refractivity contribution < 1.29 is 13.9 Å². The number of carbonyl (C=O) groups is 1. The summed E-state index contributed by atoms with van der Waals surface area (Å²) in [6, 6.07) is 10.5. The quantitative estimate of drug-likeness (QED) is 0.874. The number of amides is 2. The number of nitrogens with one attached hydrogen (secondary N) is 2. The minimum absolute atomic E-state index is 0.293. The Hall–Kier alpha value is -2.27. The van der Waals surface area contributed by atoms with Crippen molar-refractivity contribution >= 4 is 23.3 Å². The molecule has 1 unspecified atom stereocenters. The maximum atomic E-state index is 13.4. The van der Waals surface area contributed by atoms with Crippen LogP contribution in [0.15, 0.2) is 42.5 Å². The third kappa shape index (κ3) is 3.31. The van der Waals surface area contributed by atoms with Gasteiger partial charge in [0.05, 0.1) is 12.6 Å². The molecule has 6 heteroatoms. The summed E-state index contributed by atoms with van der Waals surface area (Å²) in [6.07, 6.45) is 0.583. The van der Waals surface area contributed by atoms with E-state index in [4.69, 9.17) is 16.3 Å². The van der Waals surface area contributed by atoms with E-state index in [9.17, 15) is 9.18 Å². The molecule has 114 valence electrons. The largest absolute Gasteiger partial charge is 0.493 e. The zero-order chi connectivity index (χ0) is 15.5. The minimum atomic E-state index is -0.371. The van der Waals surface area contributed by atoms with Gasteiger partial charge in [-0.25, -0.2) is 9.18 Å². The molecule has 1 atom stereocenters. The summed E-state index contributed by atoms with van der Waals surface area (Å²) >= 11 is 5.87. The van der Waals surface area contributed by atoms with Crippen LogP contribution in [0.3, 0.4) is 0 Å². The molecule has 2 N–H and O–H groups in total. The molecule has 3 rings (SSSR count). The van der Waals surface area contributed by atoms with E-state index in [0.29, 0.717) is 35.1 Å². The Morgan fingerprint density at radius 1 is 1.27 bits per heavy atom. The van der Waals surface area contributed by atoms with Gasteiger partial charge in [0.2, 0.25) is 0 Å². The highest BCUT2D eigenvalue weighted by molar-refractivity contribution is 6.30. The van der Waals surface area contributed by atoms with Crippen LogP contribution in [0.2, 0.25) is 5.02 Å². The van der Waals surface area contributed by atoms with Crippen molar-refractivity contribution in [2.45, 2.75) is 12.5 Å². The number of anilines is 1. The molecule has 0 radical (unpaired) electrons. The van der Waals surface area contributed by atoms with Gasteiger partial charge in [-0.1, -0.05) is 17.7 Å². The number of carbonyl (C=O) groups excluding carboxylic acids is 1. The third-order valence-corrected chi connectivity index (χ3v) is 3.63. The number of ether oxygens (including phenoxy) is 1. The maximum absolute atomic E-state index is 13.4. The van der Waals surface area contributed by atoms with E-state index in [1.807, 2.05) is 0 Å². The molecular formula is C16H14ClFN2O2. The number of halogens is 2. The van der Waals surface area contributed by atoms with Crippen molar-refractivity contribution in [2.75, 3.05) is 11.9 Å². The lowest BCUT2D eigenvalue weighted by molar-refractivity contribution is 0.232. The Morgan fingerprint density at radius 3 is 2.95 bits per heavy atom. The van der Waals surface area contributed by atoms with Gasteiger partial charge in [0.15, 0.2) is 0 Å². The first-order chi connectivity index (χ1) is 10.6. The molecule has 0 fully saturated rings. The van der Waals surface area contributed by atoms with Crippen LogP contribution in [0, 0.1) is 5.82 Å². The van der Waals surface area contributed by atoms with Crippen molar-refractivity contribution in [3.8, 4) is 5.75 Å². The highest BCUT2D eigenvalue weighted by Gasteiger charge is 2.23. The van der Waals surface area contributed by atoms with Gasteiger partial charge in [-0.15, -0.1) is 0 Å². The van der Waals surface area contributed by atoms with E-state index < -0.39 is 0 Å². The van der Waals surface area contributed by atoms with Crippen molar-refractivity contribution in [2.24, 2.45) is 0 Å². The van der Waals surface area contributed by atoms with Gasteiger partial charge in [-0.2, -0.15) is 0 Å². The van der Waals surface area contributed by atoms with Crippen molar-refractivity contribution in [1.29, 1.82) is 0 Å². The van der Waals surface area contributed by atoms with Crippen LogP contribution in [0.1, 0.15) is 18.0 Å². The standard InChI is InChI=1S/C16H14ClFN2O2/c17-10-2-1-3-12(8-10)19-16(21)20-14-6-7-22-15-5-4-11(18)9-13(14)15/h1-5,8-9,14H,6-7H2,(H2,19,20,21). The van der Waals surface area contributed by atoms with Crippen LogP contribution in [-0.4, -0.2) is 12.6 Å². The summed E-state index contributed by atoms with van der Waals surface area (Å²) in [5.41, 5.74) is 1.24. The summed E-state index contributed by atoms with van der Waals surface area (Å²) in [6.45, 7) is 0.473. The van der Waals surface area contributed by atoms with Crippen LogP contribution >= 0.6 is 11.6 Å². The van der Waals surface area contributed by atoms with Crippen molar-refractivity contribution in [3.63, 3.8) is 0 Å². The Bertz CT molecular complexity index is 708. The molecule has 22 heavy (non-hydrogen) atoms. The lowest BCUT2D eigenvalue weighted by Gasteiger charge is -2.26. The molecule has 1 aliphatic rings. The lowest BCUT2D eigenvalue weighted by atomic mass is 10.0. The van der Waals surface area contributed by atoms with Crippen LogP contribution in [0.5, 0.6) is 5.75 Å². The molecule has 0 saturated carbocycles. The van der Waals surface area contributed by atoms with E-state index in [1.165, 1.54) is 12.1 Å². The zero-order valence-electron chi connectivity index (χ0n) is 11.6. The van der Waals surface area contributed by atoms with Crippen molar-refractivity contribution in [1.82, 2.24) is 5.32 Å². The second-order valence-corrected chi connectivity index (χ2v) is 5.42. The molecule has 2 aromatic rings. The first kappa shape index (κ1) is 14.7. The number of benzene rings is 2. The first-order valence-electron chi connectivity index (χ1n) is 6.87. The molecule has 0 bridgehead atoms. The molecule has 1 aliphatic heterocycles. The molecule has 0 saturated heterocycles. The van der Waals surface area contributed by atoms with Crippen molar-refractivity contribution in [3.05, 3.63) is 58.9 Å². The Morgan fingerprint density at radius 2 is 2.14 bits per heavy atom. The minimum Gasteiger partial charge on any atom is -0.493 e. The second kappa shape index (κ2) is 6.23. The first-order valence-corrected chi connectivity index (χ1v) is 7.25. The topological polar surface area (TPSA) is 50.4 Å². The van der Waals surface area contributed by atoms with Gasteiger partial charge < -0.3 is 15.4 Å². The molecule has 0 aliphatic carbocycles. The molecule has 0 spiro atoms. The monoisotopic (exact) mass is 320 g/mol. The lowest BCUT2D eigenvalue weighted by Crippen LogP contribution is -2.35. The number of rotatable bonds is 2. The number of hydrogen-bond acceptors (Lipinski definition) is 2. The summed E-state index contributed by atoms with van der Waals surface area (Å²) in [5.74, 6) is 0.243.